The lowest BCUT2D eigenvalue weighted by atomic mass is 10.3. The normalized spacial score (nSPS) is 18.4. The molecule has 0 spiro atoms. The van der Waals surface area contributed by atoms with Gasteiger partial charge in [0.05, 0.1) is 5.69 Å². The molecule has 2 rings (SSSR count). The highest BCUT2D eigenvalue weighted by atomic mass is 127. The van der Waals surface area contributed by atoms with Gasteiger partial charge < -0.3 is 0 Å². The standard InChI is InChI=1S/C6H4IN3O2S/c7-6-5-4(2-1-3-8-5)9-13(11,12)10-6/h1-3,9H. The first-order valence-corrected chi connectivity index (χ1v) is 5.84. The first kappa shape index (κ1) is 8.88. The van der Waals surface area contributed by atoms with Crippen LogP contribution in [0, 0.1) is 0 Å². The fourth-order valence-corrected chi connectivity index (χ4v) is 2.96. The van der Waals surface area contributed by atoms with Crippen molar-refractivity contribution >= 4 is 42.2 Å². The molecule has 13 heavy (non-hydrogen) atoms. The van der Waals surface area contributed by atoms with Gasteiger partial charge in [-0.1, -0.05) is 0 Å². The quantitative estimate of drug-likeness (QED) is 0.725. The van der Waals surface area contributed by atoms with Crippen LogP contribution in [0.5, 0.6) is 0 Å². The molecule has 0 fully saturated rings. The SMILES string of the molecule is O=S1(=O)N=C(I)c2ncccc2N1. The second kappa shape index (κ2) is 2.91. The van der Waals surface area contributed by atoms with Gasteiger partial charge >= 0.3 is 10.2 Å². The molecule has 0 unspecified atom stereocenters. The van der Waals surface area contributed by atoms with E-state index in [4.69, 9.17) is 0 Å². The highest BCUT2D eigenvalue weighted by Crippen LogP contribution is 2.23. The Kier molecular flexibility index (Phi) is 1.99. The molecule has 0 aliphatic carbocycles. The van der Waals surface area contributed by atoms with Crippen molar-refractivity contribution < 1.29 is 8.42 Å². The van der Waals surface area contributed by atoms with Crippen LogP contribution >= 0.6 is 22.6 Å². The minimum absolute atomic E-state index is 0.381. The topological polar surface area (TPSA) is 71.4 Å². The van der Waals surface area contributed by atoms with Crippen LogP contribution in [0.3, 0.4) is 0 Å². The Bertz CT molecular complexity index is 482. The number of nitrogens with zero attached hydrogens (tertiary/aromatic N) is 2. The molecular weight excluding hydrogens is 305 g/mol. The largest absolute Gasteiger partial charge is 0.343 e. The van der Waals surface area contributed by atoms with Gasteiger partial charge in [-0.05, 0) is 34.7 Å². The van der Waals surface area contributed by atoms with Crippen LogP contribution in [0.25, 0.3) is 0 Å². The first-order valence-electron chi connectivity index (χ1n) is 3.32. The van der Waals surface area contributed by atoms with Crippen LogP contribution in [0.15, 0.2) is 22.7 Å². The average molecular weight is 309 g/mol. The molecule has 1 aliphatic rings. The molecule has 0 atom stereocenters. The number of halogens is 1. The zero-order chi connectivity index (χ0) is 9.47. The van der Waals surface area contributed by atoms with Crippen molar-refractivity contribution in [1.29, 1.82) is 0 Å². The summed E-state index contributed by atoms with van der Waals surface area (Å²) in [5.74, 6) is 0. The Morgan fingerprint density at radius 2 is 2.23 bits per heavy atom. The summed E-state index contributed by atoms with van der Waals surface area (Å²) < 4.78 is 28.3. The summed E-state index contributed by atoms with van der Waals surface area (Å²) in [5, 5.41) is 0. The Labute approximate surface area is 88.6 Å². The molecule has 0 aromatic carbocycles. The number of pyridine rings is 1. The average Bonchev–Trinajstić information content (AvgIpc) is 2.02. The van der Waals surface area contributed by atoms with E-state index in [1.807, 2.05) is 22.6 Å². The second-order valence-electron chi connectivity index (χ2n) is 2.36. The Morgan fingerprint density at radius 1 is 1.46 bits per heavy atom. The van der Waals surface area contributed by atoms with Crippen molar-refractivity contribution in [1.82, 2.24) is 4.98 Å². The van der Waals surface area contributed by atoms with Crippen LogP contribution < -0.4 is 4.72 Å². The van der Waals surface area contributed by atoms with E-state index in [-0.39, 0.29) is 0 Å². The monoisotopic (exact) mass is 309 g/mol. The molecule has 0 bridgehead atoms. The molecular formula is C6H4IN3O2S. The summed E-state index contributed by atoms with van der Waals surface area (Å²) in [6.45, 7) is 0. The lowest BCUT2D eigenvalue weighted by Gasteiger charge is -2.12. The third kappa shape index (κ3) is 1.66. The molecule has 0 saturated heterocycles. The molecule has 68 valence electrons. The van der Waals surface area contributed by atoms with Crippen molar-refractivity contribution in [2.24, 2.45) is 4.40 Å². The van der Waals surface area contributed by atoms with Gasteiger partial charge in [-0.3, -0.25) is 9.71 Å². The van der Waals surface area contributed by atoms with Crippen molar-refractivity contribution in [2.75, 3.05) is 4.72 Å². The number of aromatic nitrogens is 1. The summed E-state index contributed by atoms with van der Waals surface area (Å²) in [6, 6.07) is 3.31. The Balaban J connectivity index is 2.68. The summed E-state index contributed by atoms with van der Waals surface area (Å²) in [5.41, 5.74) is 1.04. The predicted molar refractivity (Wildman–Crippen MR) is 57.3 cm³/mol. The fourth-order valence-electron chi connectivity index (χ4n) is 0.963. The maximum Gasteiger partial charge on any atom is 0.343 e. The van der Waals surface area contributed by atoms with E-state index in [2.05, 4.69) is 14.1 Å². The van der Waals surface area contributed by atoms with Crippen molar-refractivity contribution in [3.8, 4) is 0 Å². The molecule has 5 nitrogen and oxygen atoms in total. The van der Waals surface area contributed by atoms with Crippen LogP contribution in [0.2, 0.25) is 0 Å². The molecule has 1 N–H and O–H groups in total. The smallest absolute Gasteiger partial charge is 0.263 e. The molecule has 2 heterocycles. The molecule has 7 heteroatoms. The van der Waals surface area contributed by atoms with Gasteiger partial charge in [0.1, 0.15) is 9.41 Å². The number of fused-ring (bicyclic) bond motifs is 1. The Morgan fingerprint density at radius 3 is 3.00 bits per heavy atom. The highest BCUT2D eigenvalue weighted by molar-refractivity contribution is 14.1. The summed E-state index contributed by atoms with van der Waals surface area (Å²) in [4.78, 5) is 4.00. The zero-order valence-electron chi connectivity index (χ0n) is 6.23. The van der Waals surface area contributed by atoms with Crippen LogP contribution in [0.1, 0.15) is 5.69 Å². The van der Waals surface area contributed by atoms with E-state index in [1.54, 1.807) is 18.3 Å². The number of anilines is 1. The summed E-state index contributed by atoms with van der Waals surface area (Å²) in [6.07, 6.45) is 1.59. The molecule has 1 aromatic heterocycles. The van der Waals surface area contributed by atoms with E-state index in [0.29, 0.717) is 15.1 Å². The minimum Gasteiger partial charge on any atom is -0.263 e. The van der Waals surface area contributed by atoms with Gasteiger partial charge in [0.2, 0.25) is 0 Å². The van der Waals surface area contributed by atoms with Crippen LogP contribution in [-0.4, -0.2) is 17.1 Å². The minimum atomic E-state index is -3.55. The van der Waals surface area contributed by atoms with E-state index in [1.165, 1.54) is 0 Å². The predicted octanol–water partition coefficient (Wildman–Crippen LogP) is 0.933. The number of hydrogen-bond acceptors (Lipinski definition) is 3. The number of hydrogen-bond donors (Lipinski definition) is 1. The van der Waals surface area contributed by atoms with E-state index in [0.717, 1.165) is 0 Å². The molecule has 0 saturated carbocycles. The van der Waals surface area contributed by atoms with Crippen molar-refractivity contribution in [3.05, 3.63) is 24.0 Å². The lowest BCUT2D eigenvalue weighted by Crippen LogP contribution is -2.19. The first-order chi connectivity index (χ1) is 6.08. The van der Waals surface area contributed by atoms with Gasteiger partial charge in [-0.15, -0.1) is 4.40 Å². The third-order valence-electron chi connectivity index (χ3n) is 1.44. The van der Waals surface area contributed by atoms with E-state index >= 15 is 0 Å². The Hall–Kier alpha value is -0.700. The van der Waals surface area contributed by atoms with Gasteiger partial charge in [-0.2, -0.15) is 8.42 Å². The van der Waals surface area contributed by atoms with Gasteiger partial charge in [0, 0.05) is 6.20 Å². The fraction of sp³-hybridized carbons (Fsp3) is 0. The third-order valence-corrected chi connectivity index (χ3v) is 3.42. The van der Waals surface area contributed by atoms with Crippen molar-refractivity contribution in [2.45, 2.75) is 0 Å². The van der Waals surface area contributed by atoms with Crippen molar-refractivity contribution in [3.63, 3.8) is 0 Å². The van der Waals surface area contributed by atoms with Gasteiger partial charge in [0.25, 0.3) is 0 Å². The van der Waals surface area contributed by atoms with Crippen LogP contribution in [-0.2, 0) is 10.2 Å². The molecule has 1 aromatic rings. The summed E-state index contributed by atoms with van der Waals surface area (Å²) >= 11 is 1.84. The highest BCUT2D eigenvalue weighted by Gasteiger charge is 2.21. The molecule has 1 aliphatic heterocycles. The maximum atomic E-state index is 11.1. The number of rotatable bonds is 0. The van der Waals surface area contributed by atoms with Crippen LogP contribution in [0.4, 0.5) is 5.69 Å². The lowest BCUT2D eigenvalue weighted by molar-refractivity contribution is 0.603. The van der Waals surface area contributed by atoms with E-state index in [9.17, 15) is 8.42 Å². The number of nitrogens with one attached hydrogen (secondary N) is 1. The second-order valence-corrected chi connectivity index (χ2v) is 4.72. The van der Waals surface area contributed by atoms with E-state index < -0.39 is 10.2 Å². The maximum absolute atomic E-state index is 11.1. The molecule has 0 radical (unpaired) electrons. The van der Waals surface area contributed by atoms with Gasteiger partial charge in [-0.25, -0.2) is 0 Å². The summed E-state index contributed by atoms with van der Waals surface area (Å²) in [7, 11) is -3.55. The molecule has 0 amide bonds. The zero-order valence-corrected chi connectivity index (χ0v) is 9.20. The van der Waals surface area contributed by atoms with Gasteiger partial charge in [0.15, 0.2) is 0 Å².